The number of benzene rings is 1. The summed E-state index contributed by atoms with van der Waals surface area (Å²) in [5.74, 6) is 1.19. The predicted molar refractivity (Wildman–Crippen MR) is 79.9 cm³/mol. The molecule has 0 fully saturated rings. The van der Waals surface area contributed by atoms with Crippen LogP contribution < -0.4 is 20.5 Å². The summed E-state index contributed by atoms with van der Waals surface area (Å²) in [6.07, 6.45) is 5.05. The van der Waals surface area contributed by atoms with Crippen LogP contribution >= 0.6 is 0 Å². The van der Waals surface area contributed by atoms with Crippen LogP contribution in [0.5, 0.6) is 11.5 Å². The molecule has 0 saturated heterocycles. The Morgan fingerprint density at radius 1 is 1.25 bits per heavy atom. The molecule has 1 aromatic rings. The van der Waals surface area contributed by atoms with Crippen LogP contribution in [0.4, 0.5) is 0 Å². The summed E-state index contributed by atoms with van der Waals surface area (Å²) < 4.78 is 10.4. The van der Waals surface area contributed by atoms with E-state index in [4.69, 9.17) is 15.2 Å². The normalized spacial score (nSPS) is 10.6. The van der Waals surface area contributed by atoms with E-state index in [0.717, 1.165) is 18.4 Å². The zero-order chi connectivity index (χ0) is 14.8. The number of unbranched alkanes of at least 4 members (excludes halogenated alkanes) is 1. The van der Waals surface area contributed by atoms with Gasteiger partial charge in [-0.3, -0.25) is 4.79 Å². The summed E-state index contributed by atoms with van der Waals surface area (Å²) >= 11 is 0. The molecule has 20 heavy (non-hydrogen) atoms. The number of amides is 1. The predicted octanol–water partition coefficient (Wildman–Crippen LogP) is 1.57. The molecular formula is C15H22N2O3. The molecule has 0 aliphatic carbocycles. The van der Waals surface area contributed by atoms with Gasteiger partial charge in [-0.15, -0.1) is 0 Å². The van der Waals surface area contributed by atoms with Gasteiger partial charge in [-0.1, -0.05) is 6.07 Å². The minimum atomic E-state index is -0.114. The zero-order valence-electron chi connectivity index (χ0n) is 12.0. The number of ether oxygens (including phenoxy) is 2. The molecular weight excluding hydrogens is 256 g/mol. The lowest BCUT2D eigenvalue weighted by atomic mass is 10.2. The molecule has 0 aliphatic heterocycles. The van der Waals surface area contributed by atoms with E-state index in [1.807, 2.05) is 12.1 Å². The number of carbonyl (C=O) groups excluding carboxylic acids is 1. The Kier molecular flexibility index (Phi) is 7.21. The largest absolute Gasteiger partial charge is 0.493 e. The summed E-state index contributed by atoms with van der Waals surface area (Å²) in [6.45, 7) is 1.30. The smallest absolute Gasteiger partial charge is 0.243 e. The number of methoxy groups -OCH3 is 2. The standard InChI is InChI=1S/C15H22N2O3/c1-19-13-7-5-12(11-14(13)20-2)6-8-15(18)17-10-4-3-9-16/h5-8,11H,3-4,9-10,16H2,1-2H3,(H,17,18)/b8-6+. The number of nitrogens with one attached hydrogen (secondary N) is 1. The van der Waals surface area contributed by atoms with E-state index in [-0.39, 0.29) is 5.91 Å². The maximum absolute atomic E-state index is 11.6. The van der Waals surface area contributed by atoms with Crippen LogP contribution in [0.1, 0.15) is 18.4 Å². The molecule has 0 radical (unpaired) electrons. The first-order valence-corrected chi connectivity index (χ1v) is 6.59. The maximum Gasteiger partial charge on any atom is 0.243 e. The van der Waals surface area contributed by atoms with Crippen molar-refractivity contribution in [2.45, 2.75) is 12.8 Å². The van der Waals surface area contributed by atoms with Gasteiger partial charge in [-0.25, -0.2) is 0 Å². The van der Waals surface area contributed by atoms with Gasteiger partial charge in [0.2, 0.25) is 5.91 Å². The third-order valence-corrected chi connectivity index (χ3v) is 2.76. The average Bonchev–Trinajstić information content (AvgIpc) is 2.49. The van der Waals surface area contributed by atoms with Crippen LogP contribution in [0.2, 0.25) is 0 Å². The summed E-state index contributed by atoms with van der Waals surface area (Å²) in [5.41, 5.74) is 6.26. The highest BCUT2D eigenvalue weighted by Crippen LogP contribution is 2.27. The van der Waals surface area contributed by atoms with E-state index >= 15 is 0 Å². The summed E-state index contributed by atoms with van der Waals surface area (Å²) in [6, 6.07) is 5.48. The van der Waals surface area contributed by atoms with Gasteiger partial charge < -0.3 is 20.5 Å². The quantitative estimate of drug-likeness (QED) is 0.559. The fourth-order valence-corrected chi connectivity index (χ4v) is 1.67. The Labute approximate surface area is 119 Å². The molecule has 0 aliphatic rings. The summed E-state index contributed by atoms with van der Waals surface area (Å²) in [4.78, 5) is 11.6. The van der Waals surface area contributed by atoms with Crippen molar-refractivity contribution in [3.8, 4) is 11.5 Å². The third-order valence-electron chi connectivity index (χ3n) is 2.76. The molecule has 0 saturated carbocycles. The van der Waals surface area contributed by atoms with Crippen LogP contribution in [0.3, 0.4) is 0 Å². The van der Waals surface area contributed by atoms with Crippen molar-refractivity contribution in [1.29, 1.82) is 0 Å². The third kappa shape index (κ3) is 5.32. The summed E-state index contributed by atoms with van der Waals surface area (Å²) in [5, 5.41) is 2.80. The summed E-state index contributed by atoms with van der Waals surface area (Å²) in [7, 11) is 3.16. The second-order valence-corrected chi connectivity index (χ2v) is 4.23. The van der Waals surface area contributed by atoms with Crippen LogP contribution in [-0.2, 0) is 4.79 Å². The molecule has 5 nitrogen and oxygen atoms in total. The fourth-order valence-electron chi connectivity index (χ4n) is 1.67. The maximum atomic E-state index is 11.6. The molecule has 0 atom stereocenters. The monoisotopic (exact) mass is 278 g/mol. The van der Waals surface area contributed by atoms with Gasteiger partial charge in [-0.05, 0) is 43.2 Å². The van der Waals surface area contributed by atoms with Crippen molar-refractivity contribution < 1.29 is 14.3 Å². The highest BCUT2D eigenvalue weighted by molar-refractivity contribution is 5.91. The second-order valence-electron chi connectivity index (χ2n) is 4.23. The van der Waals surface area contributed by atoms with Gasteiger partial charge in [0, 0.05) is 12.6 Å². The number of hydrogen-bond donors (Lipinski definition) is 2. The van der Waals surface area contributed by atoms with Gasteiger partial charge in [0.05, 0.1) is 14.2 Å². The molecule has 1 amide bonds. The first-order valence-electron chi connectivity index (χ1n) is 6.59. The Hall–Kier alpha value is -2.01. The number of rotatable bonds is 8. The van der Waals surface area contributed by atoms with Gasteiger partial charge in [0.25, 0.3) is 0 Å². The van der Waals surface area contributed by atoms with E-state index in [0.29, 0.717) is 24.6 Å². The zero-order valence-corrected chi connectivity index (χ0v) is 12.0. The first-order chi connectivity index (χ1) is 9.71. The van der Waals surface area contributed by atoms with E-state index in [9.17, 15) is 4.79 Å². The fraction of sp³-hybridized carbons (Fsp3) is 0.400. The Balaban J connectivity index is 2.54. The molecule has 0 aromatic heterocycles. The molecule has 110 valence electrons. The minimum Gasteiger partial charge on any atom is -0.493 e. The molecule has 5 heteroatoms. The Bertz CT molecular complexity index is 458. The van der Waals surface area contributed by atoms with E-state index < -0.39 is 0 Å². The molecule has 0 unspecified atom stereocenters. The average molecular weight is 278 g/mol. The second kappa shape index (κ2) is 8.98. The molecule has 0 spiro atoms. The lowest BCUT2D eigenvalue weighted by Crippen LogP contribution is -2.22. The Morgan fingerprint density at radius 3 is 2.65 bits per heavy atom. The molecule has 0 bridgehead atoms. The van der Waals surface area contributed by atoms with Crippen molar-refractivity contribution in [2.75, 3.05) is 27.3 Å². The molecule has 3 N–H and O–H groups in total. The van der Waals surface area contributed by atoms with Crippen LogP contribution in [0.15, 0.2) is 24.3 Å². The lowest BCUT2D eigenvalue weighted by Gasteiger charge is -2.07. The number of nitrogens with two attached hydrogens (primary N) is 1. The highest BCUT2D eigenvalue weighted by Gasteiger charge is 2.03. The van der Waals surface area contributed by atoms with Gasteiger partial charge in [0.1, 0.15) is 0 Å². The molecule has 1 rings (SSSR count). The van der Waals surface area contributed by atoms with Crippen molar-refractivity contribution in [1.82, 2.24) is 5.32 Å². The van der Waals surface area contributed by atoms with Crippen molar-refractivity contribution in [2.24, 2.45) is 5.73 Å². The minimum absolute atomic E-state index is 0.114. The molecule has 1 aromatic carbocycles. The number of carbonyl (C=O) groups is 1. The van der Waals surface area contributed by atoms with Gasteiger partial charge in [0.15, 0.2) is 11.5 Å². The van der Waals surface area contributed by atoms with Crippen molar-refractivity contribution in [3.05, 3.63) is 29.8 Å². The van der Waals surface area contributed by atoms with Crippen LogP contribution in [0, 0.1) is 0 Å². The van der Waals surface area contributed by atoms with Gasteiger partial charge >= 0.3 is 0 Å². The van der Waals surface area contributed by atoms with Crippen molar-refractivity contribution in [3.63, 3.8) is 0 Å². The number of hydrogen-bond acceptors (Lipinski definition) is 4. The molecule has 0 heterocycles. The van der Waals surface area contributed by atoms with E-state index in [1.165, 1.54) is 6.08 Å². The van der Waals surface area contributed by atoms with Crippen LogP contribution in [0.25, 0.3) is 6.08 Å². The lowest BCUT2D eigenvalue weighted by molar-refractivity contribution is -0.116. The topological polar surface area (TPSA) is 73.6 Å². The Morgan fingerprint density at radius 2 is 2.00 bits per heavy atom. The van der Waals surface area contributed by atoms with E-state index in [2.05, 4.69) is 5.32 Å². The highest BCUT2D eigenvalue weighted by atomic mass is 16.5. The van der Waals surface area contributed by atoms with E-state index in [1.54, 1.807) is 26.4 Å². The first kappa shape index (κ1) is 16.0. The van der Waals surface area contributed by atoms with Crippen LogP contribution in [-0.4, -0.2) is 33.2 Å². The van der Waals surface area contributed by atoms with Gasteiger partial charge in [-0.2, -0.15) is 0 Å². The SMILES string of the molecule is COc1ccc(/C=C/C(=O)NCCCCN)cc1OC. The van der Waals surface area contributed by atoms with Crippen molar-refractivity contribution >= 4 is 12.0 Å².